The largest absolute Gasteiger partial charge is 0.486 e. The van der Waals surface area contributed by atoms with Gasteiger partial charge in [0.2, 0.25) is 5.60 Å². The Labute approximate surface area is 209 Å². The van der Waals surface area contributed by atoms with Gasteiger partial charge in [0.05, 0.1) is 6.04 Å². The summed E-state index contributed by atoms with van der Waals surface area (Å²) < 4.78 is 16.9. The third kappa shape index (κ3) is 7.94. The number of nitrogens with zero attached hydrogens (tertiary/aromatic N) is 6. The molecule has 1 N–H and O–H groups in total. The molecule has 1 aromatic carbocycles. The SMILES string of the molecule is CC(C)(C)OC(=O)NO[C@](C)(C(=O)OC(C)(C)C)[C@H]1CCc2cc(C(CN=[N+]=[N-])N=[N+]=[N-])ccc2O1. The molecule has 0 saturated heterocycles. The summed E-state index contributed by atoms with van der Waals surface area (Å²) in [6.45, 7) is 11.7. The number of aryl methyl sites for hydroxylation is 1. The second kappa shape index (κ2) is 11.4. The molecule has 0 bridgehead atoms. The normalized spacial score (nSPS) is 17.6. The van der Waals surface area contributed by atoms with E-state index in [0.717, 1.165) is 5.56 Å². The molecule has 0 aliphatic carbocycles. The van der Waals surface area contributed by atoms with Gasteiger partial charge in [-0.2, -0.15) is 5.48 Å². The molecule has 36 heavy (non-hydrogen) atoms. The van der Waals surface area contributed by atoms with Crippen molar-refractivity contribution in [2.75, 3.05) is 6.54 Å². The number of hydrogen-bond donors (Lipinski definition) is 1. The van der Waals surface area contributed by atoms with Crippen molar-refractivity contribution in [2.24, 2.45) is 10.2 Å². The molecule has 1 amide bonds. The molecule has 13 nitrogen and oxygen atoms in total. The van der Waals surface area contributed by atoms with Crippen LogP contribution in [0.2, 0.25) is 0 Å². The Kier molecular flexibility index (Phi) is 9.04. The first kappa shape index (κ1) is 28.6. The zero-order valence-electron chi connectivity index (χ0n) is 21.6. The molecule has 3 atom stereocenters. The van der Waals surface area contributed by atoms with Gasteiger partial charge in [-0.1, -0.05) is 22.4 Å². The monoisotopic (exact) mass is 503 g/mol. The van der Waals surface area contributed by atoms with Crippen molar-refractivity contribution in [1.82, 2.24) is 5.48 Å². The molecule has 1 unspecified atom stereocenters. The first-order chi connectivity index (χ1) is 16.7. The number of hydrogen-bond acceptors (Lipinski definition) is 8. The fourth-order valence-electron chi connectivity index (χ4n) is 3.45. The second-order valence-electron chi connectivity index (χ2n) is 10.5. The lowest BCUT2D eigenvalue weighted by Crippen LogP contribution is -2.58. The average molecular weight is 504 g/mol. The summed E-state index contributed by atoms with van der Waals surface area (Å²) in [7, 11) is 0. The van der Waals surface area contributed by atoms with Crippen LogP contribution in [-0.2, 0) is 25.5 Å². The second-order valence-corrected chi connectivity index (χ2v) is 10.5. The van der Waals surface area contributed by atoms with Crippen molar-refractivity contribution in [2.45, 2.75) is 90.3 Å². The van der Waals surface area contributed by atoms with Crippen LogP contribution in [0.4, 0.5) is 4.79 Å². The molecule has 1 aliphatic rings. The number of fused-ring (bicyclic) bond motifs is 1. The maximum absolute atomic E-state index is 13.2. The summed E-state index contributed by atoms with van der Waals surface area (Å²) in [6.07, 6.45) is -0.823. The topological polar surface area (TPSA) is 181 Å². The van der Waals surface area contributed by atoms with E-state index < -0.39 is 41.0 Å². The van der Waals surface area contributed by atoms with Crippen LogP contribution in [0.15, 0.2) is 28.4 Å². The van der Waals surface area contributed by atoms with E-state index in [1.807, 2.05) is 6.07 Å². The van der Waals surface area contributed by atoms with Crippen molar-refractivity contribution in [3.05, 3.63) is 50.2 Å². The van der Waals surface area contributed by atoms with E-state index in [9.17, 15) is 9.59 Å². The molecule has 0 fully saturated rings. The van der Waals surface area contributed by atoms with Gasteiger partial charge >= 0.3 is 12.1 Å². The summed E-state index contributed by atoms with van der Waals surface area (Å²) in [5.41, 5.74) is 17.8. The molecule has 0 saturated carbocycles. The van der Waals surface area contributed by atoms with Crippen molar-refractivity contribution in [3.63, 3.8) is 0 Å². The molecular formula is C23H33N7O6. The number of esters is 1. The van der Waals surface area contributed by atoms with Crippen LogP contribution >= 0.6 is 0 Å². The van der Waals surface area contributed by atoms with Crippen LogP contribution in [0.25, 0.3) is 20.9 Å². The predicted molar refractivity (Wildman–Crippen MR) is 130 cm³/mol. The van der Waals surface area contributed by atoms with Crippen molar-refractivity contribution in [3.8, 4) is 5.75 Å². The van der Waals surface area contributed by atoms with E-state index in [0.29, 0.717) is 24.2 Å². The Bertz CT molecular complexity index is 1070. The molecule has 196 valence electrons. The van der Waals surface area contributed by atoms with E-state index in [-0.39, 0.29) is 6.54 Å². The summed E-state index contributed by atoms with van der Waals surface area (Å²) >= 11 is 0. The Balaban J connectivity index is 2.30. The third-order valence-electron chi connectivity index (χ3n) is 5.09. The van der Waals surface area contributed by atoms with Crippen LogP contribution in [-0.4, -0.2) is 41.5 Å². The van der Waals surface area contributed by atoms with Gasteiger partial charge in [-0.25, -0.2) is 14.4 Å². The minimum absolute atomic E-state index is 0.0241. The van der Waals surface area contributed by atoms with Crippen molar-refractivity contribution < 1.29 is 28.6 Å². The van der Waals surface area contributed by atoms with Gasteiger partial charge in [0, 0.05) is 16.4 Å². The fraction of sp³-hybridized carbons (Fsp3) is 0.652. The maximum atomic E-state index is 13.2. The van der Waals surface area contributed by atoms with Gasteiger partial charge in [-0.15, -0.1) is 0 Å². The number of nitrogens with one attached hydrogen (secondary N) is 1. The zero-order valence-corrected chi connectivity index (χ0v) is 21.6. The Hall–Kier alpha value is -3.66. The van der Waals surface area contributed by atoms with Crippen molar-refractivity contribution in [1.29, 1.82) is 0 Å². The van der Waals surface area contributed by atoms with Gasteiger partial charge in [-0.3, -0.25) is 0 Å². The van der Waals surface area contributed by atoms with Gasteiger partial charge in [0.15, 0.2) is 0 Å². The summed E-state index contributed by atoms with van der Waals surface area (Å²) in [4.78, 5) is 36.6. The average Bonchev–Trinajstić information content (AvgIpc) is 2.77. The number of amides is 1. The minimum Gasteiger partial charge on any atom is -0.486 e. The molecule has 1 aromatic rings. The van der Waals surface area contributed by atoms with Crippen LogP contribution < -0.4 is 10.2 Å². The van der Waals surface area contributed by atoms with Gasteiger partial charge in [0.25, 0.3) is 0 Å². The standard InChI is InChI=1S/C23H33N7O6/c1-21(2,3)34-19(31)23(7,36-28-20(32)35-22(4,5)6)18-11-9-15-12-14(8-10-17(15)33-18)16(27-30-25)13-26-29-24/h8,10,12,16,18H,9,11,13H2,1-7H3,(H,28,32)/t16?,18-,23+/m1/s1. The predicted octanol–water partition coefficient (Wildman–Crippen LogP) is 5.60. The molecule has 13 heteroatoms. The van der Waals surface area contributed by atoms with E-state index in [2.05, 4.69) is 25.5 Å². The lowest BCUT2D eigenvalue weighted by molar-refractivity contribution is -0.205. The molecule has 0 aromatic heterocycles. The highest BCUT2D eigenvalue weighted by Crippen LogP contribution is 2.36. The first-order valence-corrected chi connectivity index (χ1v) is 11.4. The van der Waals surface area contributed by atoms with E-state index in [1.54, 1.807) is 53.7 Å². The van der Waals surface area contributed by atoms with Crippen LogP contribution in [0.3, 0.4) is 0 Å². The number of rotatable bonds is 8. The third-order valence-corrected chi connectivity index (χ3v) is 5.09. The Morgan fingerprint density at radius 3 is 2.36 bits per heavy atom. The number of benzene rings is 1. The number of hydroxylamine groups is 1. The lowest BCUT2D eigenvalue weighted by Gasteiger charge is -2.39. The highest BCUT2D eigenvalue weighted by molar-refractivity contribution is 5.81. The van der Waals surface area contributed by atoms with Gasteiger partial charge in [0.1, 0.15) is 23.1 Å². The Morgan fingerprint density at radius 1 is 1.11 bits per heavy atom. The van der Waals surface area contributed by atoms with Crippen LogP contribution in [0, 0.1) is 0 Å². The summed E-state index contributed by atoms with van der Waals surface area (Å²) in [6, 6.07) is 4.52. The highest BCUT2D eigenvalue weighted by atomic mass is 16.7. The van der Waals surface area contributed by atoms with Crippen molar-refractivity contribution >= 4 is 12.1 Å². The molecule has 0 spiro atoms. The lowest BCUT2D eigenvalue weighted by atomic mass is 9.89. The zero-order chi connectivity index (χ0) is 27.1. The van der Waals surface area contributed by atoms with E-state index >= 15 is 0 Å². The Morgan fingerprint density at radius 2 is 1.78 bits per heavy atom. The summed E-state index contributed by atoms with van der Waals surface area (Å²) in [5, 5.41) is 7.20. The molecule has 1 heterocycles. The molecule has 2 rings (SSSR count). The number of azide groups is 2. The van der Waals surface area contributed by atoms with Crippen LogP contribution in [0.1, 0.15) is 72.1 Å². The first-order valence-electron chi connectivity index (χ1n) is 11.4. The maximum Gasteiger partial charge on any atom is 0.431 e. The number of carbonyl (C=O) groups is 2. The van der Waals surface area contributed by atoms with Crippen LogP contribution in [0.5, 0.6) is 5.75 Å². The molecule has 1 aliphatic heterocycles. The minimum atomic E-state index is -1.70. The highest BCUT2D eigenvalue weighted by Gasteiger charge is 2.50. The molecule has 0 radical (unpaired) electrons. The van der Waals surface area contributed by atoms with E-state index in [4.69, 9.17) is 30.1 Å². The van der Waals surface area contributed by atoms with Gasteiger partial charge in [-0.05, 0) is 89.6 Å². The van der Waals surface area contributed by atoms with E-state index in [1.165, 1.54) is 6.92 Å². The number of carbonyl (C=O) groups excluding carboxylic acids is 2. The molecular weight excluding hydrogens is 470 g/mol. The number of ether oxygens (including phenoxy) is 3. The quantitative estimate of drug-likeness (QED) is 0.158. The smallest absolute Gasteiger partial charge is 0.431 e. The summed E-state index contributed by atoms with van der Waals surface area (Å²) in [5.74, 6) is -0.219. The van der Waals surface area contributed by atoms with Gasteiger partial charge < -0.3 is 14.2 Å². The fourth-order valence-corrected chi connectivity index (χ4v) is 3.45.